The van der Waals surface area contributed by atoms with Crippen molar-refractivity contribution in [1.82, 2.24) is 14.8 Å². The van der Waals surface area contributed by atoms with Crippen LogP contribution in [0.2, 0.25) is 0 Å². The highest BCUT2D eigenvalue weighted by Crippen LogP contribution is 2.18. The molecule has 0 spiro atoms. The van der Waals surface area contributed by atoms with E-state index < -0.39 is 5.97 Å². The van der Waals surface area contributed by atoms with Gasteiger partial charge >= 0.3 is 5.97 Å². The first-order valence-electron chi connectivity index (χ1n) is 5.56. The number of hydrogen-bond donors (Lipinski definition) is 2. The van der Waals surface area contributed by atoms with E-state index in [2.05, 4.69) is 10.2 Å². The summed E-state index contributed by atoms with van der Waals surface area (Å²) in [5, 5.41) is 26.1. The highest BCUT2D eigenvalue weighted by molar-refractivity contribution is 7.99. The minimum Gasteiger partial charge on any atom is -0.481 e. The summed E-state index contributed by atoms with van der Waals surface area (Å²) in [4.78, 5) is 10.5. The first kappa shape index (κ1) is 14.0. The topological polar surface area (TPSA) is 88.2 Å². The van der Waals surface area contributed by atoms with E-state index in [1.165, 1.54) is 11.8 Å². The molecule has 1 aromatic heterocycles. The Kier molecular flexibility index (Phi) is 5.99. The molecule has 1 aromatic rings. The number of aromatic nitrogens is 3. The molecular weight excluding hydrogens is 242 g/mol. The van der Waals surface area contributed by atoms with Gasteiger partial charge in [0.05, 0.1) is 5.75 Å². The predicted octanol–water partition coefficient (Wildman–Crippen LogP) is 0.790. The maximum absolute atomic E-state index is 10.5. The lowest BCUT2D eigenvalue weighted by atomic mass is 10.3. The van der Waals surface area contributed by atoms with E-state index in [1.807, 2.05) is 11.5 Å². The fourth-order valence-electron chi connectivity index (χ4n) is 1.42. The van der Waals surface area contributed by atoms with Crippen molar-refractivity contribution in [3.63, 3.8) is 0 Å². The van der Waals surface area contributed by atoms with Gasteiger partial charge in [-0.1, -0.05) is 18.7 Å². The molecule has 0 aliphatic carbocycles. The van der Waals surface area contributed by atoms with Crippen molar-refractivity contribution in [1.29, 1.82) is 0 Å². The molecule has 0 bridgehead atoms. The first-order valence-corrected chi connectivity index (χ1v) is 6.55. The van der Waals surface area contributed by atoms with Gasteiger partial charge in [-0.25, -0.2) is 0 Å². The van der Waals surface area contributed by atoms with Gasteiger partial charge in [-0.2, -0.15) is 0 Å². The van der Waals surface area contributed by atoms with Crippen LogP contribution in [0.15, 0.2) is 5.16 Å². The van der Waals surface area contributed by atoms with Crippen molar-refractivity contribution in [2.24, 2.45) is 0 Å². The second-order valence-corrected chi connectivity index (χ2v) is 4.50. The van der Waals surface area contributed by atoms with E-state index in [1.54, 1.807) is 0 Å². The quantitative estimate of drug-likeness (QED) is 0.671. The third-order valence-electron chi connectivity index (χ3n) is 2.12. The number of aryl methyl sites for hydroxylation is 1. The molecule has 0 atom stereocenters. The van der Waals surface area contributed by atoms with Gasteiger partial charge in [-0.15, -0.1) is 10.2 Å². The van der Waals surface area contributed by atoms with Gasteiger partial charge in [0.1, 0.15) is 5.82 Å². The third-order valence-corrected chi connectivity index (χ3v) is 3.08. The highest BCUT2D eigenvalue weighted by Gasteiger charge is 2.12. The summed E-state index contributed by atoms with van der Waals surface area (Å²) in [7, 11) is 0. The van der Waals surface area contributed by atoms with Crippen molar-refractivity contribution < 1.29 is 15.0 Å². The molecular formula is C10H17N3O3S. The van der Waals surface area contributed by atoms with Gasteiger partial charge in [0, 0.05) is 19.6 Å². The van der Waals surface area contributed by atoms with Gasteiger partial charge in [-0.3, -0.25) is 4.79 Å². The third kappa shape index (κ3) is 4.35. The maximum Gasteiger partial charge on any atom is 0.313 e. The van der Waals surface area contributed by atoms with Crippen LogP contribution in [-0.4, -0.2) is 43.3 Å². The van der Waals surface area contributed by atoms with E-state index in [4.69, 9.17) is 10.2 Å². The Hall–Kier alpha value is -1.08. The minimum atomic E-state index is -0.863. The molecule has 0 radical (unpaired) electrons. The molecule has 0 saturated carbocycles. The van der Waals surface area contributed by atoms with E-state index in [0.717, 1.165) is 18.8 Å². The van der Waals surface area contributed by atoms with Crippen LogP contribution in [0.5, 0.6) is 0 Å². The summed E-state index contributed by atoms with van der Waals surface area (Å²) in [6, 6.07) is 0. The summed E-state index contributed by atoms with van der Waals surface area (Å²) < 4.78 is 1.93. The molecule has 0 unspecified atom stereocenters. The van der Waals surface area contributed by atoms with Crippen LogP contribution in [0.25, 0.3) is 0 Å². The van der Waals surface area contributed by atoms with Crippen LogP contribution in [0.1, 0.15) is 25.6 Å². The van der Waals surface area contributed by atoms with Gasteiger partial charge in [0.2, 0.25) is 0 Å². The fourth-order valence-corrected chi connectivity index (χ4v) is 2.13. The first-order chi connectivity index (χ1) is 8.19. The Labute approximate surface area is 104 Å². The molecule has 1 rings (SSSR count). The molecule has 0 aliphatic rings. The number of aliphatic carboxylic acids is 1. The zero-order valence-electron chi connectivity index (χ0n) is 9.80. The molecule has 2 N–H and O–H groups in total. The number of carboxylic acids is 1. The normalized spacial score (nSPS) is 10.7. The maximum atomic E-state index is 10.5. The van der Waals surface area contributed by atoms with E-state index in [9.17, 15) is 4.79 Å². The number of aliphatic hydroxyl groups is 1. The smallest absolute Gasteiger partial charge is 0.313 e. The number of hydrogen-bond acceptors (Lipinski definition) is 5. The summed E-state index contributed by atoms with van der Waals surface area (Å²) in [6.45, 7) is 2.94. The molecule has 1 heterocycles. The number of rotatable bonds is 8. The minimum absolute atomic E-state index is 0.0121. The summed E-state index contributed by atoms with van der Waals surface area (Å²) >= 11 is 1.18. The summed E-state index contributed by atoms with van der Waals surface area (Å²) in [5.41, 5.74) is 0. The number of carboxylic acid groups (broad SMARTS) is 1. The van der Waals surface area contributed by atoms with Crippen molar-refractivity contribution in [2.45, 2.75) is 37.9 Å². The molecule has 0 aromatic carbocycles. The van der Waals surface area contributed by atoms with Crippen LogP contribution < -0.4 is 0 Å². The number of thioether (sulfide) groups is 1. The largest absolute Gasteiger partial charge is 0.481 e. The molecule has 0 fully saturated rings. The number of carbonyl (C=O) groups is 1. The lowest BCUT2D eigenvalue weighted by molar-refractivity contribution is -0.133. The van der Waals surface area contributed by atoms with Crippen molar-refractivity contribution in [3.05, 3.63) is 5.82 Å². The Balaban J connectivity index is 2.74. The highest BCUT2D eigenvalue weighted by atomic mass is 32.2. The molecule has 0 amide bonds. The second kappa shape index (κ2) is 7.29. The van der Waals surface area contributed by atoms with E-state index >= 15 is 0 Å². The molecule has 7 heteroatoms. The van der Waals surface area contributed by atoms with Crippen molar-refractivity contribution >= 4 is 17.7 Å². The SMILES string of the molecule is CCCn1c(CCCO)nnc1SCC(=O)O. The van der Waals surface area contributed by atoms with Crippen LogP contribution in [0.4, 0.5) is 0 Å². The Morgan fingerprint density at radius 2 is 2.24 bits per heavy atom. The van der Waals surface area contributed by atoms with Crippen LogP contribution in [0, 0.1) is 0 Å². The lowest BCUT2D eigenvalue weighted by Gasteiger charge is -2.07. The molecule has 0 saturated heterocycles. The van der Waals surface area contributed by atoms with Gasteiger partial charge < -0.3 is 14.8 Å². The van der Waals surface area contributed by atoms with E-state index in [-0.39, 0.29) is 12.4 Å². The number of nitrogens with zero attached hydrogens (tertiary/aromatic N) is 3. The van der Waals surface area contributed by atoms with Crippen LogP contribution in [0.3, 0.4) is 0 Å². The summed E-state index contributed by atoms with van der Waals surface area (Å²) in [6.07, 6.45) is 2.24. The lowest BCUT2D eigenvalue weighted by Crippen LogP contribution is -2.07. The van der Waals surface area contributed by atoms with Gasteiger partial charge in [0.15, 0.2) is 5.16 Å². The average molecular weight is 259 g/mol. The standard InChI is InChI=1S/C10H17N3O3S/c1-2-5-13-8(4-3-6-14)11-12-10(13)17-7-9(15)16/h14H,2-7H2,1H3,(H,15,16). The zero-order valence-corrected chi connectivity index (χ0v) is 10.6. The monoisotopic (exact) mass is 259 g/mol. The number of aliphatic hydroxyl groups excluding tert-OH is 1. The molecule has 0 aliphatic heterocycles. The predicted molar refractivity (Wildman–Crippen MR) is 64.1 cm³/mol. The second-order valence-electron chi connectivity index (χ2n) is 3.56. The van der Waals surface area contributed by atoms with Gasteiger partial charge in [0.25, 0.3) is 0 Å². The van der Waals surface area contributed by atoms with E-state index in [0.29, 0.717) is 18.0 Å². The Morgan fingerprint density at radius 1 is 1.47 bits per heavy atom. The Bertz CT molecular complexity index is 368. The fraction of sp³-hybridized carbons (Fsp3) is 0.700. The van der Waals surface area contributed by atoms with Crippen molar-refractivity contribution in [3.8, 4) is 0 Å². The molecule has 6 nitrogen and oxygen atoms in total. The zero-order chi connectivity index (χ0) is 12.7. The molecule has 96 valence electrons. The summed E-state index contributed by atoms with van der Waals surface area (Å²) in [5.74, 6) is -0.0614. The van der Waals surface area contributed by atoms with Crippen LogP contribution >= 0.6 is 11.8 Å². The van der Waals surface area contributed by atoms with Gasteiger partial charge in [-0.05, 0) is 12.8 Å². The molecule has 17 heavy (non-hydrogen) atoms. The average Bonchev–Trinajstić information content (AvgIpc) is 2.67. The Morgan fingerprint density at radius 3 is 2.82 bits per heavy atom. The van der Waals surface area contributed by atoms with Crippen molar-refractivity contribution in [2.75, 3.05) is 12.4 Å². The van der Waals surface area contributed by atoms with Crippen LogP contribution in [-0.2, 0) is 17.8 Å².